The van der Waals surface area contributed by atoms with Crippen molar-refractivity contribution >= 4 is 17.7 Å². The summed E-state index contributed by atoms with van der Waals surface area (Å²) in [6, 6.07) is 11.0. The molecule has 3 N–H and O–H groups in total. The number of carbonyl (C=O) groups is 2. The van der Waals surface area contributed by atoms with Crippen molar-refractivity contribution < 1.29 is 55.2 Å². The number of carboxylic acid groups (broad SMARTS) is 1. The van der Waals surface area contributed by atoms with Crippen molar-refractivity contribution in [1.82, 2.24) is 10.2 Å². The molecule has 4 rings (SSSR count). The van der Waals surface area contributed by atoms with Crippen LogP contribution in [-0.4, -0.2) is 74.4 Å². The van der Waals surface area contributed by atoms with E-state index in [0.29, 0.717) is 17.2 Å². The molecule has 15 heteroatoms. The number of aliphatic carboxylic acids is 1. The van der Waals surface area contributed by atoms with Gasteiger partial charge in [0.05, 0.1) is 14.2 Å². The van der Waals surface area contributed by atoms with E-state index in [2.05, 4.69) is 39.5 Å². The largest absolute Gasteiger partial charge is 0.573 e. The number of anilines is 1. The number of nitrogens with one attached hydrogen (secondary N) is 2. The Morgan fingerprint density at radius 1 is 0.976 bits per heavy atom. The van der Waals surface area contributed by atoms with Crippen molar-refractivity contribution in [3.63, 3.8) is 0 Å². The predicted molar refractivity (Wildman–Crippen MR) is 139 cm³/mol. The van der Waals surface area contributed by atoms with Gasteiger partial charge in [0.25, 0.3) is 0 Å². The zero-order valence-electron chi connectivity index (χ0n) is 22.9. The van der Waals surface area contributed by atoms with Gasteiger partial charge in [0.2, 0.25) is 0 Å². The minimum absolute atomic E-state index is 0.0262. The van der Waals surface area contributed by atoms with Crippen molar-refractivity contribution in [2.24, 2.45) is 0 Å². The van der Waals surface area contributed by atoms with E-state index in [0.717, 1.165) is 44.4 Å². The average molecular weight is 608 g/mol. The molecule has 2 aliphatic rings. The van der Waals surface area contributed by atoms with Crippen LogP contribution in [-0.2, 0) is 10.2 Å². The molecule has 3 unspecified atom stereocenters. The first kappa shape index (κ1) is 32.6. The minimum atomic E-state index is -5.08. The van der Waals surface area contributed by atoms with Gasteiger partial charge in [0, 0.05) is 23.2 Å². The lowest BCUT2D eigenvalue weighted by atomic mass is 9.65. The molecule has 3 atom stereocenters. The number of alkyl halides is 6. The Kier molecular flexibility index (Phi) is 10.1. The first-order valence-corrected chi connectivity index (χ1v) is 12.7. The molecule has 1 heterocycles. The Morgan fingerprint density at radius 3 is 2.14 bits per heavy atom. The summed E-state index contributed by atoms with van der Waals surface area (Å²) in [6.07, 6.45) is -6.31. The highest BCUT2D eigenvalue weighted by Gasteiger charge is 2.50. The van der Waals surface area contributed by atoms with Crippen LogP contribution >= 0.6 is 0 Å². The van der Waals surface area contributed by atoms with Crippen LogP contribution in [0.2, 0.25) is 0 Å². The molecule has 1 saturated carbocycles. The van der Waals surface area contributed by atoms with Gasteiger partial charge in [-0.1, -0.05) is 6.07 Å². The van der Waals surface area contributed by atoms with E-state index < -0.39 is 24.5 Å². The molecule has 2 fully saturated rings. The van der Waals surface area contributed by atoms with Crippen LogP contribution in [0.25, 0.3) is 0 Å². The lowest BCUT2D eigenvalue weighted by molar-refractivity contribution is -0.274. The van der Waals surface area contributed by atoms with Gasteiger partial charge < -0.3 is 34.9 Å². The van der Waals surface area contributed by atoms with E-state index in [-0.39, 0.29) is 23.2 Å². The first-order chi connectivity index (χ1) is 19.6. The molecule has 1 aliphatic carbocycles. The number of amides is 2. The molecule has 2 aromatic carbocycles. The molecule has 2 aromatic rings. The maximum atomic E-state index is 12.6. The summed E-state index contributed by atoms with van der Waals surface area (Å²) in [5.74, 6) is -1.70. The number of urea groups is 1. The summed E-state index contributed by atoms with van der Waals surface area (Å²) in [5, 5.41) is 12.8. The summed E-state index contributed by atoms with van der Waals surface area (Å²) >= 11 is 0. The third kappa shape index (κ3) is 8.11. The molecular formula is C27H31F6N3O6. The maximum absolute atomic E-state index is 12.6. The molecule has 2 amide bonds. The number of ether oxygens (including phenoxy) is 3. The van der Waals surface area contributed by atoms with Crippen molar-refractivity contribution in [3.8, 4) is 17.2 Å². The van der Waals surface area contributed by atoms with E-state index in [9.17, 15) is 31.1 Å². The van der Waals surface area contributed by atoms with Gasteiger partial charge in [-0.15, -0.1) is 13.2 Å². The highest BCUT2D eigenvalue weighted by Crippen LogP contribution is 2.49. The summed E-state index contributed by atoms with van der Waals surface area (Å²) < 4.78 is 83.5. The molecule has 0 spiro atoms. The topological polar surface area (TPSA) is 109 Å². The highest BCUT2D eigenvalue weighted by molar-refractivity contribution is 5.89. The lowest BCUT2D eigenvalue weighted by Gasteiger charge is -2.45. The number of benzene rings is 2. The minimum Gasteiger partial charge on any atom is -0.493 e. The fourth-order valence-electron chi connectivity index (χ4n) is 5.49. The van der Waals surface area contributed by atoms with E-state index in [1.807, 2.05) is 6.07 Å². The molecule has 232 valence electrons. The summed E-state index contributed by atoms with van der Waals surface area (Å²) in [4.78, 5) is 23.8. The SMILES string of the molecule is COc1ccc(C23CCC(NC(=O)Nc4ccc(OC(F)(F)F)cc4)CC2N(C)CC3)cc1OC.O=C(O)C(F)(F)F. The second kappa shape index (κ2) is 13.0. The van der Waals surface area contributed by atoms with Gasteiger partial charge >= 0.3 is 24.5 Å². The molecule has 1 saturated heterocycles. The Labute approximate surface area is 237 Å². The van der Waals surface area contributed by atoms with Crippen molar-refractivity contribution in [2.45, 2.75) is 55.7 Å². The number of nitrogens with zero attached hydrogens (tertiary/aromatic N) is 1. The van der Waals surface area contributed by atoms with Gasteiger partial charge in [-0.05, 0) is 81.2 Å². The van der Waals surface area contributed by atoms with Crippen LogP contribution in [0.4, 0.5) is 36.8 Å². The number of hydrogen-bond donors (Lipinski definition) is 3. The van der Waals surface area contributed by atoms with Crippen LogP contribution in [0.5, 0.6) is 17.2 Å². The Balaban J connectivity index is 0.000000616. The van der Waals surface area contributed by atoms with Crippen LogP contribution in [0.15, 0.2) is 42.5 Å². The number of likely N-dealkylation sites (tertiary alicyclic amines) is 1. The maximum Gasteiger partial charge on any atom is 0.573 e. The average Bonchev–Trinajstić information content (AvgIpc) is 3.25. The highest BCUT2D eigenvalue weighted by atomic mass is 19.4. The number of rotatable bonds is 6. The third-order valence-corrected chi connectivity index (χ3v) is 7.41. The summed E-state index contributed by atoms with van der Waals surface area (Å²) in [5.41, 5.74) is 1.57. The zero-order chi connectivity index (χ0) is 31.3. The Morgan fingerprint density at radius 2 is 1.60 bits per heavy atom. The Hall–Kier alpha value is -3.88. The monoisotopic (exact) mass is 607 g/mol. The second-order valence-electron chi connectivity index (χ2n) is 9.92. The van der Waals surface area contributed by atoms with Gasteiger partial charge in [0.1, 0.15) is 5.75 Å². The molecule has 0 bridgehead atoms. The normalized spacial score (nSPS) is 22.2. The quantitative estimate of drug-likeness (QED) is 0.370. The molecule has 1 aliphatic heterocycles. The van der Waals surface area contributed by atoms with Gasteiger partial charge in [-0.25, -0.2) is 9.59 Å². The van der Waals surface area contributed by atoms with Crippen LogP contribution in [0, 0.1) is 0 Å². The number of carbonyl (C=O) groups excluding carboxylic acids is 1. The van der Waals surface area contributed by atoms with Crippen molar-refractivity contribution in [2.75, 3.05) is 33.1 Å². The van der Waals surface area contributed by atoms with Crippen LogP contribution in [0.1, 0.15) is 31.2 Å². The Bertz CT molecular complexity index is 1240. The number of fused-ring (bicyclic) bond motifs is 1. The van der Waals surface area contributed by atoms with Crippen molar-refractivity contribution in [1.29, 1.82) is 0 Å². The van der Waals surface area contributed by atoms with E-state index in [4.69, 9.17) is 19.4 Å². The molecule has 0 radical (unpaired) electrons. The fraction of sp³-hybridized carbons (Fsp3) is 0.481. The molecular weight excluding hydrogens is 576 g/mol. The molecule has 9 nitrogen and oxygen atoms in total. The summed E-state index contributed by atoms with van der Waals surface area (Å²) in [6.45, 7) is 0.963. The van der Waals surface area contributed by atoms with E-state index >= 15 is 0 Å². The van der Waals surface area contributed by atoms with E-state index in [1.54, 1.807) is 14.2 Å². The van der Waals surface area contributed by atoms with Crippen LogP contribution in [0.3, 0.4) is 0 Å². The fourth-order valence-corrected chi connectivity index (χ4v) is 5.49. The number of hydrogen-bond acceptors (Lipinski definition) is 6. The number of likely N-dealkylation sites (N-methyl/N-ethyl adjacent to an activating group) is 1. The predicted octanol–water partition coefficient (Wildman–Crippen LogP) is 5.55. The zero-order valence-corrected chi connectivity index (χ0v) is 22.9. The number of methoxy groups -OCH3 is 2. The standard InChI is InChI=1S/C25H30F3N3O4.C2HF3O2/c1-31-13-12-24(16-4-9-20(33-2)21(14-16)34-3)11-10-18(15-22(24)31)30-23(32)29-17-5-7-19(8-6-17)35-25(26,27)28;3-2(4,5)1(6)7/h4-9,14,18,22H,10-13,15H2,1-3H3,(H2,29,30,32);(H,6,7). The van der Waals surface area contributed by atoms with Gasteiger partial charge in [-0.3, -0.25) is 0 Å². The number of halogens is 6. The van der Waals surface area contributed by atoms with Gasteiger partial charge in [0.15, 0.2) is 11.5 Å². The van der Waals surface area contributed by atoms with Gasteiger partial charge in [-0.2, -0.15) is 13.2 Å². The van der Waals surface area contributed by atoms with Crippen LogP contribution < -0.4 is 24.8 Å². The smallest absolute Gasteiger partial charge is 0.493 e. The number of carboxylic acids is 1. The first-order valence-electron chi connectivity index (χ1n) is 12.7. The molecule has 42 heavy (non-hydrogen) atoms. The summed E-state index contributed by atoms with van der Waals surface area (Å²) in [7, 11) is 5.36. The third-order valence-electron chi connectivity index (χ3n) is 7.41. The molecule has 0 aromatic heterocycles. The van der Waals surface area contributed by atoms with E-state index in [1.165, 1.54) is 17.7 Å². The van der Waals surface area contributed by atoms with Crippen molar-refractivity contribution in [3.05, 3.63) is 48.0 Å². The lowest BCUT2D eigenvalue weighted by Crippen LogP contribution is -2.52. The second-order valence-corrected chi connectivity index (χ2v) is 9.92.